The van der Waals surface area contributed by atoms with E-state index in [1.165, 1.54) is 11.6 Å². The smallest absolute Gasteiger partial charge is 0.302 e. The average molecular weight is 262 g/mol. The molecule has 2 rings (SSSR count). The van der Waals surface area contributed by atoms with Crippen LogP contribution in [0.3, 0.4) is 0 Å². The maximum atomic E-state index is 11.7. The zero-order valence-corrected chi connectivity index (χ0v) is 11.0. The van der Waals surface area contributed by atoms with Gasteiger partial charge in [-0.1, -0.05) is 18.2 Å². The van der Waals surface area contributed by atoms with Gasteiger partial charge in [-0.25, -0.2) is 0 Å². The molecule has 18 heavy (non-hydrogen) atoms. The Hall–Kier alpha value is -1.68. The number of carbonyl (C=O) groups is 2. The first-order chi connectivity index (χ1) is 8.66. The maximum absolute atomic E-state index is 11.7. The van der Waals surface area contributed by atoms with E-state index < -0.39 is 0 Å². The Morgan fingerprint density at radius 3 is 2.83 bits per heavy atom. The molecule has 1 heterocycles. The molecule has 0 atom stereocenters. The number of thiophene rings is 1. The Balaban J connectivity index is 1.97. The predicted molar refractivity (Wildman–Crippen MR) is 71.8 cm³/mol. The summed E-state index contributed by atoms with van der Waals surface area (Å²) < 4.78 is 5.96. The van der Waals surface area contributed by atoms with Crippen molar-refractivity contribution in [3.63, 3.8) is 0 Å². The highest BCUT2D eigenvalue weighted by Crippen LogP contribution is 2.26. The second-order valence-corrected chi connectivity index (χ2v) is 4.97. The number of hydrogen-bond acceptors (Lipinski definition) is 4. The van der Waals surface area contributed by atoms with Gasteiger partial charge in [0.15, 0.2) is 0 Å². The Morgan fingerprint density at radius 1 is 1.28 bits per heavy atom. The van der Waals surface area contributed by atoms with Crippen LogP contribution in [0, 0.1) is 0 Å². The van der Waals surface area contributed by atoms with Crippen LogP contribution in [-0.2, 0) is 20.7 Å². The van der Waals surface area contributed by atoms with Gasteiger partial charge in [0.25, 0.3) is 0 Å². The first kappa shape index (κ1) is 12.8. The minimum absolute atomic E-state index is 0.0970. The molecule has 0 unspecified atom stereocenters. The van der Waals surface area contributed by atoms with Crippen LogP contribution in [0.4, 0.5) is 0 Å². The molecule has 0 aliphatic carbocycles. The summed E-state index contributed by atoms with van der Waals surface area (Å²) in [5.41, 5.74) is 1.06. The Morgan fingerprint density at radius 2 is 2.06 bits per heavy atom. The van der Waals surface area contributed by atoms with Gasteiger partial charge in [0.05, 0.1) is 6.61 Å². The summed E-state index contributed by atoms with van der Waals surface area (Å²) in [6.45, 7) is 1.52. The highest BCUT2D eigenvalue weighted by molar-refractivity contribution is 7.17. The molecule has 0 N–H and O–H groups in total. The standard InChI is InChI=1S/C14H14O3S/c1-10(15)17-7-6-12(16)8-11-9-18-14-5-3-2-4-13(11)14/h2-5,9H,6-8H2,1H3. The van der Waals surface area contributed by atoms with Crippen molar-refractivity contribution in [2.45, 2.75) is 19.8 Å². The molecule has 0 bridgehead atoms. The van der Waals surface area contributed by atoms with E-state index in [2.05, 4.69) is 0 Å². The van der Waals surface area contributed by atoms with Crippen molar-refractivity contribution in [3.05, 3.63) is 35.2 Å². The van der Waals surface area contributed by atoms with Crippen LogP contribution in [0.1, 0.15) is 18.9 Å². The number of carbonyl (C=O) groups excluding carboxylic acids is 2. The van der Waals surface area contributed by atoms with Crippen LogP contribution in [0.2, 0.25) is 0 Å². The zero-order chi connectivity index (χ0) is 13.0. The summed E-state index contributed by atoms with van der Waals surface area (Å²) in [7, 11) is 0. The summed E-state index contributed by atoms with van der Waals surface area (Å²) in [4.78, 5) is 22.3. The lowest BCUT2D eigenvalue weighted by atomic mass is 10.1. The Kier molecular flexibility index (Phi) is 4.10. The van der Waals surface area contributed by atoms with E-state index in [4.69, 9.17) is 4.74 Å². The van der Waals surface area contributed by atoms with Gasteiger partial charge in [-0.2, -0.15) is 0 Å². The number of ether oxygens (including phenoxy) is 1. The third-order valence-corrected chi connectivity index (χ3v) is 3.65. The van der Waals surface area contributed by atoms with Crippen molar-refractivity contribution in [1.29, 1.82) is 0 Å². The van der Waals surface area contributed by atoms with Gasteiger partial charge in [-0.15, -0.1) is 11.3 Å². The maximum Gasteiger partial charge on any atom is 0.302 e. The molecule has 0 spiro atoms. The van der Waals surface area contributed by atoms with Crippen LogP contribution in [0.15, 0.2) is 29.6 Å². The lowest BCUT2D eigenvalue weighted by Crippen LogP contribution is -2.09. The second kappa shape index (κ2) is 5.78. The first-order valence-corrected chi connectivity index (χ1v) is 6.65. The number of benzene rings is 1. The molecule has 0 fully saturated rings. The molecule has 0 saturated carbocycles. The van der Waals surface area contributed by atoms with E-state index >= 15 is 0 Å². The summed E-state index contributed by atoms with van der Waals surface area (Å²) in [6, 6.07) is 8.04. The predicted octanol–water partition coefficient (Wildman–Crippen LogP) is 2.97. The van der Waals surface area contributed by atoms with Gasteiger partial charge in [0.2, 0.25) is 0 Å². The van der Waals surface area contributed by atoms with Crippen molar-refractivity contribution in [3.8, 4) is 0 Å². The third-order valence-electron chi connectivity index (χ3n) is 2.64. The third kappa shape index (κ3) is 3.17. The molecule has 0 radical (unpaired) electrons. The minimum Gasteiger partial charge on any atom is -0.465 e. The van der Waals surface area contributed by atoms with Crippen LogP contribution in [-0.4, -0.2) is 18.4 Å². The molecule has 1 aromatic carbocycles. The number of fused-ring (bicyclic) bond motifs is 1. The number of Topliss-reactive ketones (excluding diaryl/α,β-unsaturated/α-hetero) is 1. The summed E-state index contributed by atoms with van der Waals surface area (Å²) in [5.74, 6) is -0.247. The summed E-state index contributed by atoms with van der Waals surface area (Å²) >= 11 is 1.65. The normalized spacial score (nSPS) is 10.5. The SMILES string of the molecule is CC(=O)OCCC(=O)Cc1csc2ccccc12. The number of esters is 1. The van der Waals surface area contributed by atoms with E-state index in [1.807, 2.05) is 29.6 Å². The Labute approximate surface area is 109 Å². The van der Waals surface area contributed by atoms with Crippen molar-refractivity contribution in [2.24, 2.45) is 0 Å². The van der Waals surface area contributed by atoms with Crippen LogP contribution in [0.5, 0.6) is 0 Å². The van der Waals surface area contributed by atoms with E-state index in [-0.39, 0.29) is 24.8 Å². The van der Waals surface area contributed by atoms with Gasteiger partial charge in [-0.3, -0.25) is 9.59 Å². The van der Waals surface area contributed by atoms with E-state index in [9.17, 15) is 9.59 Å². The average Bonchev–Trinajstić information content (AvgIpc) is 2.72. The van der Waals surface area contributed by atoms with Crippen molar-refractivity contribution in [1.82, 2.24) is 0 Å². The van der Waals surface area contributed by atoms with Gasteiger partial charge < -0.3 is 4.74 Å². The molecule has 0 aliphatic heterocycles. The van der Waals surface area contributed by atoms with Crippen molar-refractivity contribution in [2.75, 3.05) is 6.61 Å². The minimum atomic E-state index is -0.344. The van der Waals surface area contributed by atoms with Gasteiger partial charge >= 0.3 is 5.97 Å². The van der Waals surface area contributed by atoms with Crippen LogP contribution in [0.25, 0.3) is 10.1 Å². The topological polar surface area (TPSA) is 43.4 Å². The molecular weight excluding hydrogens is 248 g/mol. The van der Waals surface area contributed by atoms with Gasteiger partial charge in [-0.05, 0) is 22.4 Å². The van der Waals surface area contributed by atoms with Gasteiger partial charge in [0.1, 0.15) is 5.78 Å². The molecule has 94 valence electrons. The summed E-state index contributed by atoms with van der Waals surface area (Å²) in [6.07, 6.45) is 0.690. The fraction of sp³-hybridized carbons (Fsp3) is 0.286. The molecule has 0 saturated heterocycles. The monoisotopic (exact) mass is 262 g/mol. The number of ketones is 1. The molecule has 4 heteroatoms. The number of hydrogen-bond donors (Lipinski definition) is 0. The molecular formula is C14H14O3S. The zero-order valence-electron chi connectivity index (χ0n) is 10.1. The Bertz CT molecular complexity index is 571. The lowest BCUT2D eigenvalue weighted by Gasteiger charge is -2.01. The van der Waals surface area contributed by atoms with Crippen molar-refractivity contribution >= 4 is 33.2 Å². The van der Waals surface area contributed by atoms with Crippen molar-refractivity contribution < 1.29 is 14.3 Å². The highest BCUT2D eigenvalue weighted by atomic mass is 32.1. The van der Waals surface area contributed by atoms with Crippen LogP contribution < -0.4 is 0 Å². The second-order valence-electron chi connectivity index (χ2n) is 4.06. The highest BCUT2D eigenvalue weighted by Gasteiger charge is 2.09. The van der Waals surface area contributed by atoms with E-state index in [0.717, 1.165) is 10.9 Å². The largest absolute Gasteiger partial charge is 0.465 e. The quantitative estimate of drug-likeness (QED) is 0.778. The molecule has 2 aromatic rings. The molecule has 0 aliphatic rings. The van der Waals surface area contributed by atoms with E-state index in [1.54, 1.807) is 11.3 Å². The van der Waals surface area contributed by atoms with Gasteiger partial charge in [0, 0.05) is 24.5 Å². The van der Waals surface area contributed by atoms with E-state index in [0.29, 0.717) is 6.42 Å². The number of rotatable bonds is 5. The lowest BCUT2D eigenvalue weighted by molar-refractivity contribution is -0.141. The van der Waals surface area contributed by atoms with Crippen LogP contribution >= 0.6 is 11.3 Å². The first-order valence-electron chi connectivity index (χ1n) is 5.77. The molecule has 0 amide bonds. The molecule has 1 aromatic heterocycles. The fourth-order valence-electron chi connectivity index (χ4n) is 1.78. The fourth-order valence-corrected chi connectivity index (χ4v) is 2.74. The summed E-state index contributed by atoms with van der Waals surface area (Å²) in [5, 5.41) is 3.16. The molecule has 3 nitrogen and oxygen atoms in total.